The van der Waals surface area contributed by atoms with Gasteiger partial charge in [0.05, 0.1) is 16.9 Å². The van der Waals surface area contributed by atoms with E-state index in [4.69, 9.17) is 11.6 Å². The molecule has 1 N–H and O–H groups in total. The average Bonchev–Trinajstić information content (AvgIpc) is 3.35. The van der Waals surface area contributed by atoms with Crippen LogP contribution >= 0.6 is 11.6 Å². The van der Waals surface area contributed by atoms with Crippen molar-refractivity contribution in [3.8, 4) is 5.69 Å². The van der Waals surface area contributed by atoms with Crippen molar-refractivity contribution in [1.29, 1.82) is 0 Å². The average molecular weight is 356 g/mol. The summed E-state index contributed by atoms with van der Waals surface area (Å²) in [7, 11) is 1.86. The molecular weight excluding hydrogens is 338 g/mol. The first-order chi connectivity index (χ1) is 12.1. The SMILES string of the molecule is C=Cc1nn(-c2ccc3nn(C)cc3c2)c(=O)c(Cl)c1NCC1CC1. The summed E-state index contributed by atoms with van der Waals surface area (Å²) in [6, 6.07) is 5.54. The van der Waals surface area contributed by atoms with Crippen LogP contribution in [0.1, 0.15) is 18.5 Å². The van der Waals surface area contributed by atoms with Gasteiger partial charge in [-0.05, 0) is 43.0 Å². The molecule has 2 heterocycles. The molecule has 2 aromatic heterocycles. The fourth-order valence-electron chi connectivity index (χ4n) is 2.84. The maximum Gasteiger partial charge on any atom is 0.292 e. The highest BCUT2D eigenvalue weighted by atomic mass is 35.5. The molecule has 0 spiro atoms. The molecule has 4 rings (SSSR count). The summed E-state index contributed by atoms with van der Waals surface area (Å²) in [5.74, 6) is 0.657. The maximum absolute atomic E-state index is 12.7. The fourth-order valence-corrected chi connectivity index (χ4v) is 3.08. The molecule has 1 aromatic carbocycles. The van der Waals surface area contributed by atoms with Crippen molar-refractivity contribution in [2.24, 2.45) is 13.0 Å². The lowest BCUT2D eigenvalue weighted by Gasteiger charge is -2.13. The fraction of sp³-hybridized carbons (Fsp3) is 0.278. The van der Waals surface area contributed by atoms with Crippen molar-refractivity contribution >= 4 is 34.3 Å². The monoisotopic (exact) mass is 355 g/mol. The third-order valence-corrected chi connectivity index (χ3v) is 4.72. The molecule has 128 valence electrons. The second-order valence-corrected chi connectivity index (χ2v) is 6.74. The van der Waals surface area contributed by atoms with Gasteiger partial charge in [-0.3, -0.25) is 9.48 Å². The molecule has 0 radical (unpaired) electrons. The normalized spacial score (nSPS) is 14.0. The summed E-state index contributed by atoms with van der Waals surface area (Å²) in [5, 5.41) is 13.1. The van der Waals surface area contributed by atoms with Crippen molar-refractivity contribution in [3.05, 3.63) is 52.0 Å². The highest BCUT2D eigenvalue weighted by Gasteiger charge is 2.23. The Morgan fingerprint density at radius 2 is 2.20 bits per heavy atom. The Hall–Kier alpha value is -2.60. The minimum Gasteiger partial charge on any atom is -0.382 e. The zero-order valence-corrected chi connectivity index (χ0v) is 14.6. The van der Waals surface area contributed by atoms with E-state index in [-0.39, 0.29) is 10.6 Å². The maximum atomic E-state index is 12.7. The van der Waals surface area contributed by atoms with Crippen molar-refractivity contribution in [2.45, 2.75) is 12.8 Å². The Morgan fingerprint density at radius 1 is 1.40 bits per heavy atom. The predicted molar refractivity (Wildman–Crippen MR) is 100 cm³/mol. The van der Waals surface area contributed by atoms with Crippen molar-refractivity contribution in [3.63, 3.8) is 0 Å². The summed E-state index contributed by atoms with van der Waals surface area (Å²) in [4.78, 5) is 12.7. The van der Waals surface area contributed by atoms with Gasteiger partial charge in [0, 0.05) is 25.2 Å². The van der Waals surface area contributed by atoms with E-state index < -0.39 is 0 Å². The van der Waals surface area contributed by atoms with E-state index in [1.54, 1.807) is 10.8 Å². The van der Waals surface area contributed by atoms with Crippen LogP contribution in [0.15, 0.2) is 35.8 Å². The molecule has 0 aliphatic heterocycles. The van der Waals surface area contributed by atoms with Crippen LogP contribution in [0.2, 0.25) is 5.02 Å². The van der Waals surface area contributed by atoms with E-state index in [1.807, 2.05) is 31.4 Å². The van der Waals surface area contributed by atoms with E-state index in [2.05, 4.69) is 22.1 Å². The van der Waals surface area contributed by atoms with Crippen molar-refractivity contribution in [1.82, 2.24) is 19.6 Å². The van der Waals surface area contributed by atoms with Gasteiger partial charge in [-0.1, -0.05) is 18.2 Å². The summed E-state index contributed by atoms with van der Waals surface area (Å²) < 4.78 is 3.05. The van der Waals surface area contributed by atoms with E-state index in [1.165, 1.54) is 17.5 Å². The van der Waals surface area contributed by atoms with Crippen molar-refractivity contribution in [2.75, 3.05) is 11.9 Å². The van der Waals surface area contributed by atoms with E-state index in [0.29, 0.717) is 23.0 Å². The largest absolute Gasteiger partial charge is 0.382 e. The van der Waals surface area contributed by atoms with Crippen LogP contribution in [0.3, 0.4) is 0 Å². The second-order valence-electron chi connectivity index (χ2n) is 6.37. The van der Waals surface area contributed by atoms with Crippen LogP contribution in [0.25, 0.3) is 22.7 Å². The molecule has 7 heteroatoms. The number of rotatable bonds is 5. The number of hydrogen-bond donors (Lipinski definition) is 1. The minimum atomic E-state index is -0.353. The summed E-state index contributed by atoms with van der Waals surface area (Å²) in [6.07, 6.45) is 5.93. The van der Waals surface area contributed by atoms with E-state index in [0.717, 1.165) is 17.4 Å². The molecule has 0 saturated heterocycles. The van der Waals surface area contributed by atoms with Gasteiger partial charge < -0.3 is 5.32 Å². The third kappa shape index (κ3) is 2.93. The highest BCUT2D eigenvalue weighted by Crippen LogP contribution is 2.31. The second kappa shape index (κ2) is 6.04. The standard InChI is InChI=1S/C18H18ClN5O/c1-3-14-17(20-9-11-4-5-11)16(19)18(25)24(22-14)13-6-7-15-12(8-13)10-23(2)21-15/h3,6-8,10-11,20H,1,4-5,9H2,2H3. The van der Waals surface area contributed by atoms with Gasteiger partial charge in [0.15, 0.2) is 0 Å². The molecule has 1 aliphatic rings. The lowest BCUT2D eigenvalue weighted by Crippen LogP contribution is -2.24. The molecule has 0 unspecified atom stereocenters. The highest BCUT2D eigenvalue weighted by molar-refractivity contribution is 6.33. The summed E-state index contributed by atoms with van der Waals surface area (Å²) in [5.41, 5.74) is 2.28. The number of halogens is 1. The molecule has 1 fully saturated rings. The zero-order valence-electron chi connectivity index (χ0n) is 13.9. The molecule has 0 atom stereocenters. The van der Waals surface area contributed by atoms with Crippen molar-refractivity contribution < 1.29 is 0 Å². The van der Waals surface area contributed by atoms with Crippen LogP contribution in [0.5, 0.6) is 0 Å². The Morgan fingerprint density at radius 3 is 2.92 bits per heavy atom. The Kier molecular flexibility index (Phi) is 3.84. The number of benzene rings is 1. The third-order valence-electron chi connectivity index (χ3n) is 4.37. The molecule has 1 saturated carbocycles. The van der Waals surface area contributed by atoms with E-state index in [9.17, 15) is 4.79 Å². The predicted octanol–water partition coefficient (Wildman–Crippen LogP) is 3.24. The van der Waals surface area contributed by atoms with Gasteiger partial charge >= 0.3 is 0 Å². The number of aryl methyl sites for hydroxylation is 1. The van der Waals surface area contributed by atoms with Gasteiger partial charge in [-0.25, -0.2) is 0 Å². The number of nitrogens with zero attached hydrogens (tertiary/aromatic N) is 4. The van der Waals surface area contributed by atoms with Gasteiger partial charge in [0.25, 0.3) is 5.56 Å². The molecule has 25 heavy (non-hydrogen) atoms. The van der Waals surface area contributed by atoms with Crippen LogP contribution in [-0.2, 0) is 7.05 Å². The summed E-state index contributed by atoms with van der Waals surface area (Å²) in [6.45, 7) is 4.60. The Labute approximate surface area is 149 Å². The first-order valence-electron chi connectivity index (χ1n) is 8.19. The number of fused-ring (bicyclic) bond motifs is 1. The minimum absolute atomic E-state index is 0.136. The molecular formula is C18H18ClN5O. The first kappa shape index (κ1) is 15.9. The topological polar surface area (TPSA) is 64.7 Å². The number of aromatic nitrogens is 4. The molecule has 6 nitrogen and oxygen atoms in total. The van der Waals surface area contributed by atoms with Gasteiger partial charge in [0.2, 0.25) is 0 Å². The quantitative estimate of drug-likeness (QED) is 0.763. The summed E-state index contributed by atoms with van der Waals surface area (Å²) >= 11 is 6.36. The smallest absolute Gasteiger partial charge is 0.292 e. The Balaban J connectivity index is 1.81. The Bertz CT molecular complexity index is 1030. The van der Waals surface area contributed by atoms with Crippen LogP contribution in [0, 0.1) is 5.92 Å². The molecule has 1 aliphatic carbocycles. The lowest BCUT2D eigenvalue weighted by molar-refractivity contribution is 0.780. The first-order valence-corrected chi connectivity index (χ1v) is 8.57. The van der Waals surface area contributed by atoms with Crippen LogP contribution < -0.4 is 10.9 Å². The van der Waals surface area contributed by atoms with Gasteiger partial charge in [0.1, 0.15) is 10.7 Å². The molecule has 3 aromatic rings. The molecule has 0 bridgehead atoms. The van der Waals surface area contributed by atoms with E-state index >= 15 is 0 Å². The number of nitrogens with one attached hydrogen (secondary N) is 1. The van der Waals surface area contributed by atoms with Gasteiger partial charge in [-0.15, -0.1) is 0 Å². The molecule has 0 amide bonds. The number of hydrogen-bond acceptors (Lipinski definition) is 4. The number of anilines is 1. The lowest BCUT2D eigenvalue weighted by atomic mass is 10.2. The van der Waals surface area contributed by atoms with Gasteiger partial charge in [-0.2, -0.15) is 14.9 Å². The van der Waals surface area contributed by atoms with Crippen LogP contribution in [-0.4, -0.2) is 26.1 Å². The van der Waals surface area contributed by atoms with Crippen LogP contribution in [0.4, 0.5) is 5.69 Å². The zero-order chi connectivity index (χ0) is 17.6.